The van der Waals surface area contributed by atoms with Gasteiger partial charge >= 0.3 is 5.97 Å². The van der Waals surface area contributed by atoms with Gasteiger partial charge in [0, 0.05) is 29.7 Å². The molecule has 0 unspecified atom stereocenters. The van der Waals surface area contributed by atoms with E-state index >= 15 is 0 Å². The van der Waals surface area contributed by atoms with Crippen molar-refractivity contribution in [2.24, 2.45) is 0 Å². The van der Waals surface area contributed by atoms with Crippen LogP contribution in [0.3, 0.4) is 0 Å². The summed E-state index contributed by atoms with van der Waals surface area (Å²) in [5.41, 5.74) is 1.80. The van der Waals surface area contributed by atoms with E-state index < -0.39 is 5.97 Å². The lowest BCUT2D eigenvalue weighted by Gasteiger charge is -2.07. The van der Waals surface area contributed by atoms with Crippen LogP contribution in [-0.2, 0) is 11.2 Å². The third-order valence-corrected chi connectivity index (χ3v) is 4.72. The Morgan fingerprint density at radius 2 is 1.67 bits per heavy atom. The third kappa shape index (κ3) is 6.10. The van der Waals surface area contributed by atoms with E-state index in [1.54, 1.807) is 60.7 Å². The Bertz CT molecular complexity index is 1220. The zero-order valence-corrected chi connectivity index (χ0v) is 17.5. The molecule has 0 atom stereocenters. The number of anilines is 1. The van der Waals surface area contributed by atoms with Gasteiger partial charge in [0.1, 0.15) is 11.6 Å². The van der Waals surface area contributed by atoms with E-state index in [0.29, 0.717) is 47.1 Å². The minimum Gasteiger partial charge on any atom is -0.427 e. The highest BCUT2D eigenvalue weighted by Crippen LogP contribution is 2.19. The number of ether oxygens (including phenoxy) is 1. The number of nitrogens with zero attached hydrogens (tertiary/aromatic N) is 2. The SMILES string of the molecule is O=C(CCCc1nc(-c2ccc(F)cc2)no1)Oc1ccc(NC(=O)c2ccccc2)cc1. The topological polar surface area (TPSA) is 94.3 Å². The molecule has 0 aliphatic heterocycles. The summed E-state index contributed by atoms with van der Waals surface area (Å²) in [6.45, 7) is 0. The van der Waals surface area contributed by atoms with Gasteiger partial charge in [0.05, 0.1) is 0 Å². The number of esters is 1. The Kier molecular flexibility index (Phi) is 6.84. The second-order valence-corrected chi connectivity index (χ2v) is 7.19. The molecule has 1 heterocycles. The number of aromatic nitrogens is 2. The fourth-order valence-corrected chi connectivity index (χ4v) is 3.04. The van der Waals surface area contributed by atoms with Crippen LogP contribution in [0, 0.1) is 5.82 Å². The first-order chi connectivity index (χ1) is 16.1. The summed E-state index contributed by atoms with van der Waals surface area (Å²) in [7, 11) is 0. The quantitative estimate of drug-likeness (QED) is 0.301. The number of rotatable bonds is 8. The molecule has 4 rings (SSSR count). The highest BCUT2D eigenvalue weighted by atomic mass is 19.1. The van der Waals surface area contributed by atoms with Crippen LogP contribution < -0.4 is 10.1 Å². The molecule has 0 saturated carbocycles. The largest absolute Gasteiger partial charge is 0.427 e. The molecular weight excluding hydrogens is 425 g/mol. The van der Waals surface area contributed by atoms with Gasteiger partial charge in [-0.1, -0.05) is 23.4 Å². The molecule has 0 radical (unpaired) electrons. The molecule has 0 fully saturated rings. The number of hydrogen-bond acceptors (Lipinski definition) is 6. The van der Waals surface area contributed by atoms with Crippen LogP contribution >= 0.6 is 0 Å². The number of nitrogens with one attached hydrogen (secondary N) is 1. The van der Waals surface area contributed by atoms with E-state index in [0.717, 1.165) is 0 Å². The average Bonchev–Trinajstić information content (AvgIpc) is 3.30. The number of hydrogen-bond donors (Lipinski definition) is 1. The number of aryl methyl sites for hydroxylation is 1. The van der Waals surface area contributed by atoms with Gasteiger partial charge < -0.3 is 14.6 Å². The van der Waals surface area contributed by atoms with Gasteiger partial charge in [0.25, 0.3) is 5.91 Å². The van der Waals surface area contributed by atoms with Crippen molar-refractivity contribution in [2.45, 2.75) is 19.3 Å². The molecule has 8 heteroatoms. The number of carbonyl (C=O) groups is 2. The summed E-state index contributed by atoms with van der Waals surface area (Å²) in [6, 6.07) is 21.2. The number of amides is 1. The summed E-state index contributed by atoms with van der Waals surface area (Å²) < 4.78 is 23.5. The molecule has 33 heavy (non-hydrogen) atoms. The second-order valence-electron chi connectivity index (χ2n) is 7.19. The lowest BCUT2D eigenvalue weighted by molar-refractivity contribution is -0.134. The Balaban J connectivity index is 1.22. The fourth-order valence-electron chi connectivity index (χ4n) is 3.04. The smallest absolute Gasteiger partial charge is 0.311 e. The first kappa shape index (κ1) is 21.9. The summed E-state index contributed by atoms with van der Waals surface area (Å²) in [5.74, 6) is 0.188. The zero-order valence-electron chi connectivity index (χ0n) is 17.5. The van der Waals surface area contributed by atoms with Crippen LogP contribution in [0.1, 0.15) is 29.1 Å². The molecular formula is C25H20FN3O4. The lowest BCUT2D eigenvalue weighted by Crippen LogP contribution is -2.12. The monoisotopic (exact) mass is 445 g/mol. The van der Waals surface area contributed by atoms with Gasteiger partial charge in [-0.2, -0.15) is 4.98 Å². The lowest BCUT2D eigenvalue weighted by atomic mass is 10.2. The van der Waals surface area contributed by atoms with Crippen LogP contribution in [0.5, 0.6) is 5.75 Å². The van der Waals surface area contributed by atoms with Gasteiger partial charge in [-0.3, -0.25) is 9.59 Å². The number of halogens is 1. The second kappa shape index (κ2) is 10.3. The maximum atomic E-state index is 13.0. The van der Waals surface area contributed by atoms with Crippen LogP contribution in [0.25, 0.3) is 11.4 Å². The minimum atomic E-state index is -0.394. The Morgan fingerprint density at radius 3 is 2.39 bits per heavy atom. The van der Waals surface area contributed by atoms with Crippen molar-refractivity contribution in [1.82, 2.24) is 10.1 Å². The number of benzene rings is 3. The minimum absolute atomic E-state index is 0.167. The predicted molar refractivity (Wildman–Crippen MR) is 119 cm³/mol. The van der Waals surface area contributed by atoms with E-state index in [2.05, 4.69) is 15.5 Å². The molecule has 0 bridgehead atoms. The molecule has 1 amide bonds. The molecule has 1 aromatic heterocycles. The van der Waals surface area contributed by atoms with Crippen molar-refractivity contribution in [3.05, 3.63) is 96.1 Å². The van der Waals surface area contributed by atoms with E-state index in [1.807, 2.05) is 6.07 Å². The molecule has 166 valence electrons. The van der Waals surface area contributed by atoms with E-state index in [1.165, 1.54) is 12.1 Å². The molecule has 1 N–H and O–H groups in total. The standard InChI is InChI=1S/C25H20FN3O4/c26-19-11-9-17(10-12-19)24-28-22(33-29-24)7-4-8-23(30)32-21-15-13-20(14-16-21)27-25(31)18-5-2-1-3-6-18/h1-3,5-6,9-16H,4,7-8H2,(H,27,31). The summed E-state index contributed by atoms with van der Waals surface area (Å²) in [5, 5.41) is 6.66. The predicted octanol–water partition coefficient (Wildman–Crippen LogP) is 5.06. The highest BCUT2D eigenvalue weighted by molar-refractivity contribution is 6.04. The van der Waals surface area contributed by atoms with E-state index in [-0.39, 0.29) is 18.1 Å². The van der Waals surface area contributed by atoms with Crippen LogP contribution in [0.15, 0.2) is 83.4 Å². The maximum Gasteiger partial charge on any atom is 0.311 e. The Hall–Kier alpha value is -4.33. The molecule has 0 aliphatic rings. The molecule has 0 saturated heterocycles. The fraction of sp³-hybridized carbons (Fsp3) is 0.120. The first-order valence-electron chi connectivity index (χ1n) is 10.3. The summed E-state index contributed by atoms with van der Waals surface area (Å²) in [4.78, 5) is 28.6. The van der Waals surface area contributed by atoms with Crippen molar-refractivity contribution in [3.63, 3.8) is 0 Å². The summed E-state index contributed by atoms with van der Waals surface area (Å²) >= 11 is 0. The molecule has 7 nitrogen and oxygen atoms in total. The van der Waals surface area contributed by atoms with Crippen molar-refractivity contribution in [1.29, 1.82) is 0 Å². The van der Waals surface area contributed by atoms with Crippen LogP contribution in [-0.4, -0.2) is 22.0 Å². The van der Waals surface area contributed by atoms with Gasteiger partial charge in [-0.25, -0.2) is 4.39 Å². The van der Waals surface area contributed by atoms with Crippen molar-refractivity contribution >= 4 is 17.6 Å². The zero-order chi connectivity index (χ0) is 23.0. The average molecular weight is 445 g/mol. The first-order valence-corrected chi connectivity index (χ1v) is 10.3. The van der Waals surface area contributed by atoms with Gasteiger partial charge in [0.15, 0.2) is 0 Å². The highest BCUT2D eigenvalue weighted by Gasteiger charge is 2.11. The normalized spacial score (nSPS) is 10.6. The molecule has 4 aromatic rings. The van der Waals surface area contributed by atoms with E-state index in [4.69, 9.17) is 9.26 Å². The van der Waals surface area contributed by atoms with E-state index in [9.17, 15) is 14.0 Å². The Morgan fingerprint density at radius 1 is 0.939 bits per heavy atom. The van der Waals surface area contributed by atoms with Crippen LogP contribution in [0.2, 0.25) is 0 Å². The maximum absolute atomic E-state index is 13.0. The van der Waals surface area contributed by atoms with Crippen molar-refractivity contribution in [2.75, 3.05) is 5.32 Å². The van der Waals surface area contributed by atoms with Gasteiger partial charge in [-0.15, -0.1) is 0 Å². The molecule has 3 aromatic carbocycles. The van der Waals surface area contributed by atoms with Gasteiger partial charge in [-0.05, 0) is 67.1 Å². The third-order valence-electron chi connectivity index (χ3n) is 4.72. The molecule has 0 aliphatic carbocycles. The number of carbonyl (C=O) groups excluding carboxylic acids is 2. The van der Waals surface area contributed by atoms with Crippen molar-refractivity contribution < 1.29 is 23.2 Å². The molecule has 0 spiro atoms. The summed E-state index contributed by atoms with van der Waals surface area (Å²) in [6.07, 6.45) is 1.05. The van der Waals surface area contributed by atoms with Gasteiger partial charge in [0.2, 0.25) is 11.7 Å². The van der Waals surface area contributed by atoms with Crippen LogP contribution in [0.4, 0.5) is 10.1 Å². The van der Waals surface area contributed by atoms with Crippen molar-refractivity contribution in [3.8, 4) is 17.1 Å². The Labute approximate surface area is 189 Å².